The number of imide groups is 1. The number of benzene rings is 1. The second kappa shape index (κ2) is 6.15. The Morgan fingerprint density at radius 1 is 1.24 bits per heavy atom. The first-order valence-corrected chi connectivity index (χ1v) is 8.25. The first kappa shape index (κ1) is 17.4. The Morgan fingerprint density at radius 3 is 2.44 bits per heavy atom. The normalized spacial score (nSPS) is 31.2. The van der Waals surface area contributed by atoms with Crippen LogP contribution in [-0.2, 0) is 19.1 Å². The van der Waals surface area contributed by atoms with Crippen LogP contribution < -0.4 is 10.1 Å². The molecule has 25 heavy (non-hydrogen) atoms. The minimum absolute atomic E-state index is 0.207. The number of amides is 2. The topological polar surface area (TPSA) is 84.9 Å². The van der Waals surface area contributed by atoms with Gasteiger partial charge in [-0.3, -0.25) is 24.6 Å². The minimum Gasteiger partial charge on any atom is -0.497 e. The zero-order chi connectivity index (χ0) is 18.4. The predicted molar refractivity (Wildman–Crippen MR) is 88.7 cm³/mol. The van der Waals surface area contributed by atoms with Crippen LogP contribution in [0.3, 0.4) is 0 Å². The van der Waals surface area contributed by atoms with Gasteiger partial charge in [-0.1, -0.05) is 12.1 Å². The minimum atomic E-state index is -1.25. The molecule has 0 radical (unpaired) electrons. The lowest BCUT2D eigenvalue weighted by molar-refractivity contribution is -0.155. The largest absolute Gasteiger partial charge is 0.497 e. The number of likely N-dealkylation sites (tertiary alicyclic amines) is 1. The SMILES string of the molecule is CCOC(=O)C1(C)NC(c2ccc(OC)cc2)C2C(=O)N(C)C(=O)C21. The fourth-order valence-electron chi connectivity index (χ4n) is 3.85. The van der Waals surface area contributed by atoms with Gasteiger partial charge in [0.15, 0.2) is 0 Å². The molecule has 2 amide bonds. The summed E-state index contributed by atoms with van der Waals surface area (Å²) in [5.74, 6) is -1.88. The van der Waals surface area contributed by atoms with E-state index in [1.807, 2.05) is 12.1 Å². The quantitative estimate of drug-likeness (QED) is 0.644. The van der Waals surface area contributed by atoms with Gasteiger partial charge in [-0.25, -0.2) is 0 Å². The van der Waals surface area contributed by atoms with E-state index in [2.05, 4.69) is 5.32 Å². The number of rotatable bonds is 4. The Hall–Kier alpha value is -2.41. The van der Waals surface area contributed by atoms with Crippen LogP contribution in [0.4, 0.5) is 0 Å². The molecule has 2 heterocycles. The van der Waals surface area contributed by atoms with E-state index in [9.17, 15) is 14.4 Å². The van der Waals surface area contributed by atoms with Gasteiger partial charge in [0.05, 0.1) is 25.6 Å². The molecule has 2 saturated heterocycles. The van der Waals surface area contributed by atoms with Gasteiger partial charge in [-0.05, 0) is 31.5 Å². The number of ether oxygens (including phenoxy) is 2. The molecule has 1 N–H and O–H groups in total. The predicted octanol–water partition coefficient (Wildman–Crippen LogP) is 0.892. The second-order valence-electron chi connectivity index (χ2n) is 6.56. The van der Waals surface area contributed by atoms with Crippen molar-refractivity contribution in [2.45, 2.75) is 25.4 Å². The number of carbonyl (C=O) groups is 3. The van der Waals surface area contributed by atoms with Gasteiger partial charge in [0.1, 0.15) is 11.3 Å². The summed E-state index contributed by atoms with van der Waals surface area (Å²) in [6.45, 7) is 3.55. The van der Waals surface area contributed by atoms with Crippen molar-refractivity contribution in [1.82, 2.24) is 10.2 Å². The monoisotopic (exact) mass is 346 g/mol. The van der Waals surface area contributed by atoms with Gasteiger partial charge >= 0.3 is 5.97 Å². The third kappa shape index (κ3) is 2.50. The van der Waals surface area contributed by atoms with Crippen molar-refractivity contribution in [2.24, 2.45) is 11.8 Å². The molecule has 134 valence electrons. The van der Waals surface area contributed by atoms with Crippen molar-refractivity contribution in [3.8, 4) is 5.75 Å². The molecule has 2 aliphatic heterocycles. The lowest BCUT2D eigenvalue weighted by Gasteiger charge is -2.28. The smallest absolute Gasteiger partial charge is 0.326 e. The maximum absolute atomic E-state index is 12.7. The van der Waals surface area contributed by atoms with E-state index < -0.39 is 29.4 Å². The van der Waals surface area contributed by atoms with E-state index in [0.29, 0.717) is 5.75 Å². The molecule has 0 aliphatic carbocycles. The van der Waals surface area contributed by atoms with Gasteiger partial charge < -0.3 is 9.47 Å². The standard InChI is InChI=1S/C18H22N2O5/c1-5-25-17(23)18(2)13-12(15(21)20(3)16(13)22)14(19-18)10-6-8-11(24-4)9-7-10/h6-9,12-14,19H,5H2,1-4H3. The van der Waals surface area contributed by atoms with Crippen molar-refractivity contribution >= 4 is 17.8 Å². The van der Waals surface area contributed by atoms with Gasteiger partial charge in [-0.15, -0.1) is 0 Å². The van der Waals surface area contributed by atoms with Crippen LogP contribution in [0.1, 0.15) is 25.5 Å². The summed E-state index contributed by atoms with van der Waals surface area (Å²) in [7, 11) is 3.03. The molecule has 2 aliphatic rings. The van der Waals surface area contributed by atoms with Crippen LogP contribution in [0.2, 0.25) is 0 Å². The third-order valence-corrected chi connectivity index (χ3v) is 5.18. The molecule has 7 heteroatoms. The summed E-state index contributed by atoms with van der Waals surface area (Å²) < 4.78 is 10.3. The van der Waals surface area contributed by atoms with Crippen LogP contribution in [-0.4, -0.2) is 49.0 Å². The Balaban J connectivity index is 2.03. The molecule has 3 rings (SSSR count). The molecule has 2 fully saturated rings. The molecule has 0 saturated carbocycles. The highest BCUT2D eigenvalue weighted by Crippen LogP contribution is 2.48. The molecule has 0 spiro atoms. The number of fused-ring (bicyclic) bond motifs is 1. The van der Waals surface area contributed by atoms with Crippen molar-refractivity contribution in [3.05, 3.63) is 29.8 Å². The highest BCUT2D eigenvalue weighted by atomic mass is 16.5. The van der Waals surface area contributed by atoms with Crippen molar-refractivity contribution in [3.63, 3.8) is 0 Å². The molecular formula is C18H22N2O5. The number of hydrogen-bond acceptors (Lipinski definition) is 6. The zero-order valence-corrected chi connectivity index (χ0v) is 14.7. The summed E-state index contributed by atoms with van der Waals surface area (Å²) in [5.41, 5.74) is -0.428. The Kier molecular flexibility index (Phi) is 4.28. The second-order valence-corrected chi connectivity index (χ2v) is 6.56. The fraction of sp³-hybridized carbons (Fsp3) is 0.500. The molecule has 0 bridgehead atoms. The third-order valence-electron chi connectivity index (χ3n) is 5.18. The first-order chi connectivity index (χ1) is 11.8. The molecular weight excluding hydrogens is 324 g/mol. The van der Waals surface area contributed by atoms with E-state index in [4.69, 9.17) is 9.47 Å². The maximum Gasteiger partial charge on any atom is 0.326 e. The number of esters is 1. The first-order valence-electron chi connectivity index (χ1n) is 8.25. The molecule has 7 nitrogen and oxygen atoms in total. The molecule has 1 aromatic rings. The summed E-state index contributed by atoms with van der Waals surface area (Å²) in [5, 5.41) is 3.21. The highest BCUT2D eigenvalue weighted by molar-refractivity contribution is 6.09. The van der Waals surface area contributed by atoms with E-state index in [1.54, 1.807) is 33.1 Å². The highest BCUT2D eigenvalue weighted by Gasteiger charge is 2.66. The van der Waals surface area contributed by atoms with Crippen LogP contribution in [0, 0.1) is 11.8 Å². The average Bonchev–Trinajstić information content (AvgIpc) is 3.05. The van der Waals surface area contributed by atoms with Gasteiger partial charge in [0, 0.05) is 13.1 Å². The van der Waals surface area contributed by atoms with Crippen molar-refractivity contribution in [2.75, 3.05) is 20.8 Å². The van der Waals surface area contributed by atoms with Crippen LogP contribution >= 0.6 is 0 Å². The van der Waals surface area contributed by atoms with E-state index in [0.717, 1.165) is 10.5 Å². The summed E-state index contributed by atoms with van der Waals surface area (Å²) in [4.78, 5) is 39.0. The van der Waals surface area contributed by atoms with E-state index in [1.165, 1.54) is 7.05 Å². The van der Waals surface area contributed by atoms with Crippen LogP contribution in [0.25, 0.3) is 0 Å². The molecule has 0 aromatic heterocycles. The Labute approximate surface area is 146 Å². The number of carbonyl (C=O) groups excluding carboxylic acids is 3. The number of hydrogen-bond donors (Lipinski definition) is 1. The average molecular weight is 346 g/mol. The summed E-state index contributed by atoms with van der Waals surface area (Å²) >= 11 is 0. The molecule has 4 atom stereocenters. The number of nitrogens with zero attached hydrogens (tertiary/aromatic N) is 1. The van der Waals surface area contributed by atoms with Crippen LogP contribution in [0.5, 0.6) is 5.75 Å². The van der Waals surface area contributed by atoms with Crippen molar-refractivity contribution < 1.29 is 23.9 Å². The molecule has 4 unspecified atom stereocenters. The van der Waals surface area contributed by atoms with Gasteiger partial charge in [0.2, 0.25) is 11.8 Å². The molecule has 1 aromatic carbocycles. The zero-order valence-electron chi connectivity index (χ0n) is 14.7. The lowest BCUT2D eigenvalue weighted by Crippen LogP contribution is -2.53. The van der Waals surface area contributed by atoms with E-state index in [-0.39, 0.29) is 18.4 Å². The number of methoxy groups -OCH3 is 1. The Morgan fingerprint density at radius 2 is 1.88 bits per heavy atom. The van der Waals surface area contributed by atoms with Crippen LogP contribution in [0.15, 0.2) is 24.3 Å². The van der Waals surface area contributed by atoms with Gasteiger partial charge in [0.25, 0.3) is 0 Å². The lowest BCUT2D eigenvalue weighted by atomic mass is 9.80. The van der Waals surface area contributed by atoms with E-state index >= 15 is 0 Å². The Bertz CT molecular complexity index is 717. The van der Waals surface area contributed by atoms with Crippen molar-refractivity contribution in [1.29, 1.82) is 0 Å². The summed E-state index contributed by atoms with van der Waals surface area (Å²) in [6, 6.07) is 6.79. The number of nitrogens with one attached hydrogen (secondary N) is 1. The van der Waals surface area contributed by atoms with Gasteiger partial charge in [-0.2, -0.15) is 0 Å². The fourth-order valence-corrected chi connectivity index (χ4v) is 3.85. The maximum atomic E-state index is 12.7. The summed E-state index contributed by atoms with van der Waals surface area (Å²) in [6.07, 6.45) is 0.